The quantitative estimate of drug-likeness (QED) is 0.510. The van der Waals surface area contributed by atoms with Crippen LogP contribution in [-0.2, 0) is 4.74 Å². The highest BCUT2D eigenvalue weighted by atomic mass is 32.2. The lowest BCUT2D eigenvalue weighted by Gasteiger charge is -2.37. The molecule has 0 aromatic carbocycles. The Morgan fingerprint density at radius 3 is 3.11 bits per heavy atom. The fourth-order valence-corrected chi connectivity index (χ4v) is 2.46. The van der Waals surface area contributed by atoms with Gasteiger partial charge in [0.2, 0.25) is 0 Å². The van der Waals surface area contributed by atoms with Gasteiger partial charge in [-0.1, -0.05) is 0 Å². The first-order valence-electron chi connectivity index (χ1n) is 3.64. The summed E-state index contributed by atoms with van der Waals surface area (Å²) in [6.07, 6.45) is 3.33. The Morgan fingerprint density at radius 2 is 2.22 bits per heavy atom. The molecule has 0 radical (unpaired) electrons. The third-order valence-corrected chi connectivity index (χ3v) is 3.29. The summed E-state index contributed by atoms with van der Waals surface area (Å²) in [7, 11) is 0. The van der Waals surface area contributed by atoms with Crippen molar-refractivity contribution in [1.29, 1.82) is 0 Å². The van der Waals surface area contributed by atoms with Gasteiger partial charge in [-0.3, -0.25) is 0 Å². The van der Waals surface area contributed by atoms with Crippen molar-refractivity contribution in [2.45, 2.75) is 18.9 Å². The van der Waals surface area contributed by atoms with Crippen molar-refractivity contribution in [2.75, 3.05) is 18.1 Å². The monoisotopic (exact) mass is 144 g/mol. The van der Waals surface area contributed by atoms with Crippen molar-refractivity contribution >= 4 is 11.8 Å². The molecule has 2 bridgehead atoms. The number of hydrogen-bond acceptors (Lipinski definition) is 2. The van der Waals surface area contributed by atoms with E-state index in [-0.39, 0.29) is 0 Å². The highest BCUT2D eigenvalue weighted by Crippen LogP contribution is 2.34. The molecule has 3 fully saturated rings. The largest absolute Gasteiger partial charge is 0.377 e. The number of thioether (sulfide) groups is 1. The lowest BCUT2D eigenvalue weighted by Crippen LogP contribution is -2.35. The molecule has 0 aromatic heterocycles. The predicted octanol–water partition coefficient (Wildman–Crippen LogP) is 1.53. The first-order chi connectivity index (χ1) is 4.45. The van der Waals surface area contributed by atoms with Crippen LogP contribution in [0.5, 0.6) is 0 Å². The molecule has 2 aliphatic heterocycles. The molecular formula is C7H12OS. The van der Waals surface area contributed by atoms with E-state index in [2.05, 4.69) is 11.8 Å². The minimum atomic E-state index is 0.649. The van der Waals surface area contributed by atoms with Crippen LogP contribution < -0.4 is 0 Å². The van der Waals surface area contributed by atoms with Crippen molar-refractivity contribution < 1.29 is 4.74 Å². The third-order valence-electron chi connectivity index (χ3n) is 2.13. The lowest BCUT2D eigenvalue weighted by atomic mass is 9.84. The van der Waals surface area contributed by atoms with Crippen LogP contribution in [0, 0.1) is 5.92 Å². The van der Waals surface area contributed by atoms with Crippen LogP contribution in [0.2, 0.25) is 0 Å². The average Bonchev–Trinajstić information content (AvgIpc) is 1.54. The van der Waals surface area contributed by atoms with Gasteiger partial charge in [-0.25, -0.2) is 0 Å². The fourth-order valence-electron chi connectivity index (χ4n) is 1.47. The maximum Gasteiger partial charge on any atom is 0.0581 e. The van der Waals surface area contributed by atoms with E-state index in [9.17, 15) is 0 Å². The molecule has 0 spiro atoms. The van der Waals surface area contributed by atoms with E-state index >= 15 is 0 Å². The van der Waals surface area contributed by atoms with E-state index in [4.69, 9.17) is 4.74 Å². The van der Waals surface area contributed by atoms with E-state index in [0.29, 0.717) is 6.10 Å². The Labute approximate surface area is 60.2 Å². The molecular weight excluding hydrogens is 132 g/mol. The van der Waals surface area contributed by atoms with Gasteiger partial charge in [-0.05, 0) is 24.5 Å². The molecule has 1 nitrogen and oxygen atoms in total. The molecule has 0 aromatic rings. The summed E-state index contributed by atoms with van der Waals surface area (Å²) in [5.74, 6) is 3.60. The Balaban J connectivity index is 1.85. The number of ether oxygens (including phenoxy) is 1. The summed E-state index contributed by atoms with van der Waals surface area (Å²) in [6, 6.07) is 0. The topological polar surface area (TPSA) is 9.23 Å². The summed E-state index contributed by atoms with van der Waals surface area (Å²) in [5.41, 5.74) is 0. The smallest absolute Gasteiger partial charge is 0.0581 e. The van der Waals surface area contributed by atoms with Crippen molar-refractivity contribution in [1.82, 2.24) is 0 Å². The minimum absolute atomic E-state index is 0.649. The molecule has 1 aliphatic carbocycles. The van der Waals surface area contributed by atoms with Crippen LogP contribution in [0.1, 0.15) is 12.8 Å². The highest BCUT2D eigenvalue weighted by Gasteiger charge is 2.30. The van der Waals surface area contributed by atoms with Gasteiger partial charge in [-0.2, -0.15) is 11.8 Å². The summed E-state index contributed by atoms with van der Waals surface area (Å²) < 4.78 is 5.53. The minimum Gasteiger partial charge on any atom is -0.377 e. The SMILES string of the molecule is C1CSCC2CC(C2)O1. The standard InChI is InChI=1S/C7H12OS/c1-2-9-5-6-3-7(4-6)8-1/h6-7H,1-5H2. The second-order valence-corrected chi connectivity index (χ2v) is 4.05. The molecule has 52 valence electrons. The molecule has 3 rings (SSSR count). The first-order valence-corrected chi connectivity index (χ1v) is 4.80. The van der Waals surface area contributed by atoms with Crippen molar-refractivity contribution in [3.8, 4) is 0 Å². The van der Waals surface area contributed by atoms with Gasteiger partial charge in [0.05, 0.1) is 12.7 Å². The number of rotatable bonds is 0. The van der Waals surface area contributed by atoms with E-state index in [1.807, 2.05) is 0 Å². The normalized spacial score (nSPS) is 42.7. The van der Waals surface area contributed by atoms with Gasteiger partial charge in [0.25, 0.3) is 0 Å². The summed E-state index contributed by atoms with van der Waals surface area (Å²) in [6.45, 7) is 0.988. The van der Waals surface area contributed by atoms with Crippen molar-refractivity contribution in [2.24, 2.45) is 5.92 Å². The lowest BCUT2D eigenvalue weighted by molar-refractivity contribution is -0.0192. The summed E-state index contributed by atoms with van der Waals surface area (Å²) in [5, 5.41) is 0. The van der Waals surface area contributed by atoms with E-state index in [1.165, 1.54) is 24.3 Å². The zero-order chi connectivity index (χ0) is 6.10. The van der Waals surface area contributed by atoms with Crippen LogP contribution >= 0.6 is 11.8 Å². The zero-order valence-corrected chi connectivity index (χ0v) is 6.32. The Hall–Kier alpha value is 0.310. The van der Waals surface area contributed by atoms with E-state index in [0.717, 1.165) is 12.5 Å². The van der Waals surface area contributed by atoms with Crippen molar-refractivity contribution in [3.05, 3.63) is 0 Å². The number of fused-ring (bicyclic) bond motifs is 4. The van der Waals surface area contributed by atoms with Gasteiger partial charge in [0, 0.05) is 5.75 Å². The molecule has 2 saturated heterocycles. The van der Waals surface area contributed by atoms with Crippen LogP contribution in [0.3, 0.4) is 0 Å². The van der Waals surface area contributed by atoms with Gasteiger partial charge in [0.15, 0.2) is 0 Å². The molecule has 1 saturated carbocycles. The van der Waals surface area contributed by atoms with Gasteiger partial charge in [0.1, 0.15) is 0 Å². The predicted molar refractivity (Wildman–Crippen MR) is 39.8 cm³/mol. The van der Waals surface area contributed by atoms with Gasteiger partial charge >= 0.3 is 0 Å². The second kappa shape index (κ2) is 2.51. The molecule has 0 atom stereocenters. The molecule has 2 heterocycles. The van der Waals surface area contributed by atoms with Gasteiger partial charge < -0.3 is 4.74 Å². The molecule has 2 heteroatoms. The van der Waals surface area contributed by atoms with Crippen LogP contribution in [0.25, 0.3) is 0 Å². The van der Waals surface area contributed by atoms with E-state index in [1.54, 1.807) is 0 Å². The van der Waals surface area contributed by atoms with Crippen LogP contribution in [-0.4, -0.2) is 24.2 Å². The maximum absolute atomic E-state index is 5.53. The molecule has 0 unspecified atom stereocenters. The molecule has 3 aliphatic rings. The zero-order valence-electron chi connectivity index (χ0n) is 5.51. The molecule has 0 N–H and O–H groups in total. The fraction of sp³-hybridized carbons (Fsp3) is 1.00. The summed E-state index contributed by atoms with van der Waals surface area (Å²) >= 11 is 2.05. The van der Waals surface area contributed by atoms with E-state index < -0.39 is 0 Å². The van der Waals surface area contributed by atoms with Crippen LogP contribution in [0.15, 0.2) is 0 Å². The third kappa shape index (κ3) is 1.24. The Morgan fingerprint density at radius 1 is 1.33 bits per heavy atom. The second-order valence-electron chi connectivity index (χ2n) is 2.91. The Kier molecular flexibility index (Phi) is 1.68. The summed E-state index contributed by atoms with van der Waals surface area (Å²) in [4.78, 5) is 0. The van der Waals surface area contributed by atoms with Gasteiger partial charge in [-0.15, -0.1) is 0 Å². The molecule has 9 heavy (non-hydrogen) atoms. The first kappa shape index (κ1) is 6.05. The number of hydrogen-bond donors (Lipinski definition) is 0. The Bertz CT molecular complexity index is 83.6. The molecule has 0 amide bonds. The average molecular weight is 144 g/mol. The van der Waals surface area contributed by atoms with Crippen LogP contribution in [0.4, 0.5) is 0 Å². The highest BCUT2D eigenvalue weighted by molar-refractivity contribution is 7.99. The van der Waals surface area contributed by atoms with Crippen molar-refractivity contribution in [3.63, 3.8) is 0 Å². The maximum atomic E-state index is 5.53.